The number of hydrogen-bond acceptors (Lipinski definition) is 2. The summed E-state index contributed by atoms with van der Waals surface area (Å²) in [6, 6.07) is 7.33. The Balaban J connectivity index is 1.89. The third-order valence-corrected chi connectivity index (χ3v) is 3.77. The van der Waals surface area contributed by atoms with E-state index in [4.69, 9.17) is 16.0 Å². The Bertz CT molecular complexity index is 567. The van der Waals surface area contributed by atoms with Gasteiger partial charge in [-0.05, 0) is 30.9 Å². The topological polar surface area (TPSA) is 30.2 Å². The molecule has 1 aliphatic rings. The second-order valence-electron chi connectivity index (χ2n) is 4.69. The molecule has 88 valence electrons. The highest BCUT2D eigenvalue weighted by Gasteiger charge is 2.23. The van der Waals surface area contributed by atoms with E-state index in [-0.39, 0.29) is 5.78 Å². The molecule has 0 aliphatic heterocycles. The van der Waals surface area contributed by atoms with Crippen LogP contribution < -0.4 is 0 Å². The van der Waals surface area contributed by atoms with E-state index in [0.29, 0.717) is 28.7 Å². The first-order valence-electron chi connectivity index (χ1n) is 5.95. The van der Waals surface area contributed by atoms with E-state index in [1.807, 2.05) is 12.1 Å². The molecule has 1 heterocycles. The van der Waals surface area contributed by atoms with E-state index in [1.165, 1.54) is 19.3 Å². The van der Waals surface area contributed by atoms with Crippen molar-refractivity contribution in [3.8, 4) is 0 Å². The third kappa shape index (κ3) is 1.98. The molecule has 1 aromatic carbocycles. The number of rotatable bonds is 3. The summed E-state index contributed by atoms with van der Waals surface area (Å²) in [6.07, 6.45) is 4.21. The van der Waals surface area contributed by atoms with Crippen molar-refractivity contribution in [1.82, 2.24) is 0 Å². The average Bonchev–Trinajstić information content (AvgIpc) is 2.68. The predicted molar refractivity (Wildman–Crippen MR) is 67.5 cm³/mol. The van der Waals surface area contributed by atoms with Crippen LogP contribution in [0, 0.1) is 5.92 Å². The van der Waals surface area contributed by atoms with Gasteiger partial charge in [0.25, 0.3) is 0 Å². The fourth-order valence-electron chi connectivity index (χ4n) is 2.22. The van der Waals surface area contributed by atoms with Gasteiger partial charge in [-0.25, -0.2) is 0 Å². The van der Waals surface area contributed by atoms with Crippen molar-refractivity contribution >= 4 is 28.4 Å². The van der Waals surface area contributed by atoms with Gasteiger partial charge < -0.3 is 4.42 Å². The predicted octanol–water partition coefficient (Wildman–Crippen LogP) is 4.46. The summed E-state index contributed by atoms with van der Waals surface area (Å²) < 4.78 is 5.55. The van der Waals surface area contributed by atoms with Gasteiger partial charge in [0, 0.05) is 11.8 Å². The fraction of sp³-hybridized carbons (Fsp3) is 0.357. The van der Waals surface area contributed by atoms with E-state index < -0.39 is 0 Å². The van der Waals surface area contributed by atoms with E-state index >= 15 is 0 Å². The van der Waals surface area contributed by atoms with Gasteiger partial charge in [-0.2, -0.15) is 0 Å². The van der Waals surface area contributed by atoms with Crippen LogP contribution in [0.25, 0.3) is 11.0 Å². The first-order chi connectivity index (χ1) is 8.24. The molecule has 17 heavy (non-hydrogen) atoms. The van der Waals surface area contributed by atoms with Crippen LogP contribution in [0.5, 0.6) is 0 Å². The molecule has 0 saturated heterocycles. The van der Waals surface area contributed by atoms with E-state index in [1.54, 1.807) is 12.1 Å². The van der Waals surface area contributed by atoms with Gasteiger partial charge in [0.05, 0.1) is 5.02 Å². The number of para-hydroxylation sites is 1. The van der Waals surface area contributed by atoms with Gasteiger partial charge in [-0.3, -0.25) is 4.79 Å². The first kappa shape index (κ1) is 10.8. The van der Waals surface area contributed by atoms with Crippen LogP contribution in [0.1, 0.15) is 36.2 Å². The van der Waals surface area contributed by atoms with Crippen molar-refractivity contribution < 1.29 is 9.21 Å². The number of carbonyl (C=O) groups excluding carboxylic acids is 1. The number of carbonyl (C=O) groups is 1. The summed E-state index contributed by atoms with van der Waals surface area (Å²) in [5.41, 5.74) is 0.617. The third-order valence-electron chi connectivity index (χ3n) is 3.47. The van der Waals surface area contributed by atoms with Gasteiger partial charge in [0.15, 0.2) is 17.1 Å². The molecule has 0 radical (unpaired) electrons. The molecule has 0 spiro atoms. The van der Waals surface area contributed by atoms with Gasteiger partial charge in [0.2, 0.25) is 0 Å². The van der Waals surface area contributed by atoms with Crippen LogP contribution in [0.4, 0.5) is 0 Å². The van der Waals surface area contributed by atoms with Crippen molar-refractivity contribution in [2.75, 3.05) is 0 Å². The molecule has 2 aromatic rings. The number of furan rings is 1. The maximum atomic E-state index is 12.0. The number of ketones is 1. The molecule has 1 aromatic heterocycles. The summed E-state index contributed by atoms with van der Waals surface area (Å²) in [7, 11) is 0. The summed E-state index contributed by atoms with van der Waals surface area (Å²) in [5, 5.41) is 1.46. The Morgan fingerprint density at radius 3 is 2.88 bits per heavy atom. The number of halogens is 1. The highest BCUT2D eigenvalue weighted by atomic mass is 35.5. The molecule has 2 nitrogen and oxygen atoms in total. The largest absolute Gasteiger partial charge is 0.451 e. The SMILES string of the molecule is O=C(CC1CCC1)c1cc2cccc(Cl)c2o1. The summed E-state index contributed by atoms with van der Waals surface area (Å²) in [4.78, 5) is 12.0. The molecule has 0 N–H and O–H groups in total. The molecular formula is C14H13ClO2. The highest BCUT2D eigenvalue weighted by molar-refractivity contribution is 6.34. The summed E-state index contributed by atoms with van der Waals surface area (Å²) >= 11 is 6.01. The normalized spacial score (nSPS) is 16.1. The summed E-state index contributed by atoms with van der Waals surface area (Å²) in [5.74, 6) is 1.10. The van der Waals surface area contributed by atoms with Crippen LogP contribution in [-0.4, -0.2) is 5.78 Å². The van der Waals surface area contributed by atoms with Crippen molar-refractivity contribution in [2.45, 2.75) is 25.7 Å². The zero-order valence-corrected chi connectivity index (χ0v) is 10.2. The maximum Gasteiger partial charge on any atom is 0.198 e. The lowest BCUT2D eigenvalue weighted by Gasteiger charge is -2.23. The Morgan fingerprint density at radius 1 is 1.41 bits per heavy atom. The second kappa shape index (κ2) is 4.19. The number of hydrogen-bond donors (Lipinski definition) is 0. The quantitative estimate of drug-likeness (QED) is 0.751. The highest BCUT2D eigenvalue weighted by Crippen LogP contribution is 2.32. The monoisotopic (exact) mass is 248 g/mol. The Kier molecular flexibility index (Phi) is 2.67. The molecule has 0 atom stereocenters. The summed E-state index contributed by atoms with van der Waals surface area (Å²) in [6.45, 7) is 0. The van der Waals surface area contributed by atoms with Crippen molar-refractivity contribution in [3.63, 3.8) is 0 Å². The second-order valence-corrected chi connectivity index (χ2v) is 5.10. The van der Waals surface area contributed by atoms with Gasteiger partial charge in [-0.15, -0.1) is 0 Å². The molecule has 1 fully saturated rings. The average molecular weight is 249 g/mol. The zero-order valence-electron chi connectivity index (χ0n) is 9.41. The van der Waals surface area contributed by atoms with Crippen molar-refractivity contribution in [1.29, 1.82) is 0 Å². The number of Topliss-reactive ketones (excluding diaryl/α,β-unsaturated/α-hetero) is 1. The molecule has 0 unspecified atom stereocenters. The minimum Gasteiger partial charge on any atom is -0.451 e. The number of benzene rings is 1. The fourth-order valence-corrected chi connectivity index (χ4v) is 2.45. The molecule has 1 saturated carbocycles. The lowest BCUT2D eigenvalue weighted by molar-refractivity contribution is 0.0911. The van der Waals surface area contributed by atoms with E-state index in [9.17, 15) is 4.79 Å². The van der Waals surface area contributed by atoms with Gasteiger partial charge in [0.1, 0.15) is 0 Å². The zero-order chi connectivity index (χ0) is 11.8. The van der Waals surface area contributed by atoms with Crippen LogP contribution >= 0.6 is 11.6 Å². The van der Waals surface area contributed by atoms with Crippen LogP contribution in [0.15, 0.2) is 28.7 Å². The Morgan fingerprint density at radius 2 is 2.24 bits per heavy atom. The van der Waals surface area contributed by atoms with E-state index in [0.717, 1.165) is 5.39 Å². The minimum absolute atomic E-state index is 0.0990. The lowest BCUT2D eigenvalue weighted by atomic mass is 9.81. The van der Waals surface area contributed by atoms with E-state index in [2.05, 4.69) is 0 Å². The van der Waals surface area contributed by atoms with Crippen LogP contribution in [0.2, 0.25) is 5.02 Å². The molecule has 3 heteroatoms. The van der Waals surface area contributed by atoms with Crippen molar-refractivity contribution in [2.24, 2.45) is 5.92 Å². The Labute approximate surface area is 105 Å². The molecule has 0 amide bonds. The molecule has 3 rings (SSSR count). The Hall–Kier alpha value is -1.28. The first-order valence-corrected chi connectivity index (χ1v) is 6.33. The van der Waals surface area contributed by atoms with Gasteiger partial charge >= 0.3 is 0 Å². The van der Waals surface area contributed by atoms with Crippen LogP contribution in [-0.2, 0) is 0 Å². The molecule has 1 aliphatic carbocycles. The maximum absolute atomic E-state index is 12.0. The molecular weight excluding hydrogens is 236 g/mol. The number of fused-ring (bicyclic) bond motifs is 1. The molecule has 0 bridgehead atoms. The lowest BCUT2D eigenvalue weighted by Crippen LogP contribution is -2.15. The standard InChI is InChI=1S/C14H13ClO2/c15-11-6-2-5-10-8-13(17-14(10)11)12(16)7-9-3-1-4-9/h2,5-6,8-9H,1,3-4,7H2. The van der Waals surface area contributed by atoms with Crippen LogP contribution in [0.3, 0.4) is 0 Å². The van der Waals surface area contributed by atoms with Crippen molar-refractivity contribution in [3.05, 3.63) is 35.0 Å². The van der Waals surface area contributed by atoms with Gasteiger partial charge in [-0.1, -0.05) is 30.2 Å². The minimum atomic E-state index is 0.0990. The smallest absolute Gasteiger partial charge is 0.198 e.